The topological polar surface area (TPSA) is 38.3 Å². The molecule has 3 nitrogen and oxygen atoms in total. The van der Waals surface area contributed by atoms with Crippen molar-refractivity contribution in [1.82, 2.24) is 0 Å². The minimum Gasteiger partial charge on any atom is -0.462 e. The summed E-state index contributed by atoms with van der Waals surface area (Å²) in [6.07, 6.45) is 0. The van der Waals surface area contributed by atoms with Gasteiger partial charge in [-0.2, -0.15) is 0 Å². The molecule has 2 heterocycles. The van der Waals surface area contributed by atoms with E-state index in [1.54, 1.807) is 11.8 Å². The minimum absolute atomic E-state index is 0.285. The lowest BCUT2D eigenvalue weighted by atomic mass is 9.85. The first-order valence-electron chi connectivity index (χ1n) is 9.82. The monoisotopic (exact) mass is 453 g/mol. The molecule has 0 aromatic heterocycles. The van der Waals surface area contributed by atoms with Crippen molar-refractivity contribution in [3.8, 4) is 0 Å². The van der Waals surface area contributed by atoms with Crippen molar-refractivity contribution in [2.75, 3.05) is 11.9 Å². The molecule has 0 aliphatic carbocycles. The summed E-state index contributed by atoms with van der Waals surface area (Å²) >= 11 is 9.02. The highest BCUT2D eigenvalue weighted by Gasteiger charge is 2.38. The summed E-state index contributed by atoms with van der Waals surface area (Å²) in [6, 6.07) is 16.4. The molecule has 0 fully saturated rings. The summed E-state index contributed by atoms with van der Waals surface area (Å²) in [5.41, 5.74) is 5.03. The molecule has 0 spiro atoms. The van der Waals surface area contributed by atoms with Gasteiger partial charge in [0.05, 0.1) is 16.4 Å². The molecule has 2 aromatic carbocycles. The Morgan fingerprint density at radius 1 is 1.13 bits per heavy atom. The predicted molar refractivity (Wildman–Crippen MR) is 134 cm³/mol. The lowest BCUT2D eigenvalue weighted by Gasteiger charge is -2.37. The lowest BCUT2D eigenvalue weighted by Crippen LogP contribution is -2.43. The maximum Gasteiger partial charge on any atom is 0.346 e. The Balaban J connectivity index is 1.87. The van der Waals surface area contributed by atoms with Gasteiger partial charge in [-0.3, -0.25) is 0 Å². The van der Waals surface area contributed by atoms with Crippen LogP contribution in [-0.2, 0) is 9.53 Å². The number of hydrogen-bond acceptors (Lipinski definition) is 6. The van der Waals surface area contributed by atoms with Crippen molar-refractivity contribution in [2.45, 2.75) is 33.2 Å². The highest BCUT2D eigenvalue weighted by atomic mass is 32.2. The molecule has 0 bridgehead atoms. The third-order valence-corrected chi connectivity index (χ3v) is 8.32. The molecule has 0 amide bonds. The molecule has 0 saturated carbocycles. The first-order valence-corrected chi connectivity index (χ1v) is 11.9. The molecule has 0 unspecified atom stereocenters. The summed E-state index contributed by atoms with van der Waals surface area (Å²) < 4.78 is 6.40. The third-order valence-electron chi connectivity index (χ3n) is 4.98. The fourth-order valence-corrected chi connectivity index (χ4v) is 6.61. The highest BCUT2D eigenvalue weighted by molar-refractivity contribution is 8.32. The Bertz CT molecular complexity index is 1100. The normalized spacial score (nSPS) is 20.1. The van der Waals surface area contributed by atoms with Gasteiger partial charge in [0.1, 0.15) is 4.91 Å². The first kappa shape index (κ1) is 21.2. The zero-order valence-corrected chi connectivity index (χ0v) is 19.8. The Hall–Kier alpha value is -2.02. The van der Waals surface area contributed by atoms with Crippen LogP contribution >= 0.6 is 35.7 Å². The van der Waals surface area contributed by atoms with Crippen LogP contribution in [0.3, 0.4) is 0 Å². The van der Waals surface area contributed by atoms with Crippen molar-refractivity contribution in [1.29, 1.82) is 0 Å². The molecule has 2 aliphatic rings. The quantitative estimate of drug-likeness (QED) is 0.319. The SMILES string of the molecule is CCOC(=O)C1=C(c2ccccc2)S/C(=C2\C(=S)C(C)(C)Nc3cc(C)ccc32)S1. The largest absolute Gasteiger partial charge is 0.462 e. The number of carbonyl (C=O) groups is 1. The van der Waals surface area contributed by atoms with Gasteiger partial charge in [0.15, 0.2) is 0 Å². The van der Waals surface area contributed by atoms with Crippen LogP contribution in [0.15, 0.2) is 57.7 Å². The summed E-state index contributed by atoms with van der Waals surface area (Å²) in [5.74, 6) is -0.285. The van der Waals surface area contributed by atoms with Crippen LogP contribution in [0, 0.1) is 6.92 Å². The summed E-state index contributed by atoms with van der Waals surface area (Å²) in [7, 11) is 0. The van der Waals surface area contributed by atoms with Gasteiger partial charge >= 0.3 is 5.97 Å². The van der Waals surface area contributed by atoms with Crippen LogP contribution in [0.25, 0.3) is 10.5 Å². The fraction of sp³-hybridized carbons (Fsp3) is 0.250. The predicted octanol–water partition coefficient (Wildman–Crippen LogP) is 6.65. The number of ether oxygens (including phenoxy) is 1. The molecule has 2 aromatic rings. The Labute approximate surface area is 191 Å². The van der Waals surface area contributed by atoms with E-state index < -0.39 is 0 Å². The Morgan fingerprint density at radius 2 is 1.87 bits per heavy atom. The van der Waals surface area contributed by atoms with E-state index in [2.05, 4.69) is 44.3 Å². The van der Waals surface area contributed by atoms with Crippen LogP contribution in [-0.4, -0.2) is 23.0 Å². The number of rotatable bonds is 3. The van der Waals surface area contributed by atoms with Gasteiger partial charge in [-0.05, 0) is 44.9 Å². The number of anilines is 1. The molecule has 1 N–H and O–H groups in total. The number of benzene rings is 2. The number of fused-ring (bicyclic) bond motifs is 1. The second kappa shape index (κ2) is 8.25. The molecule has 4 rings (SSSR count). The summed E-state index contributed by atoms with van der Waals surface area (Å²) in [6.45, 7) is 8.46. The van der Waals surface area contributed by atoms with E-state index in [9.17, 15) is 4.79 Å². The number of nitrogens with one attached hydrogen (secondary N) is 1. The maximum absolute atomic E-state index is 12.8. The van der Waals surface area contributed by atoms with Crippen LogP contribution in [0.5, 0.6) is 0 Å². The van der Waals surface area contributed by atoms with Gasteiger partial charge in [0.25, 0.3) is 0 Å². The third kappa shape index (κ3) is 3.84. The Kier molecular flexibility index (Phi) is 5.84. The molecule has 0 atom stereocenters. The van der Waals surface area contributed by atoms with Crippen molar-refractivity contribution >= 4 is 62.7 Å². The van der Waals surface area contributed by atoms with Crippen LogP contribution in [0.2, 0.25) is 0 Å². The van der Waals surface area contributed by atoms with Gasteiger partial charge in [-0.25, -0.2) is 4.79 Å². The van der Waals surface area contributed by atoms with Gasteiger partial charge in [-0.15, -0.1) is 0 Å². The van der Waals surface area contributed by atoms with Gasteiger partial charge < -0.3 is 10.1 Å². The second-order valence-electron chi connectivity index (χ2n) is 7.74. The van der Waals surface area contributed by atoms with Crippen LogP contribution in [0.4, 0.5) is 5.69 Å². The van der Waals surface area contributed by atoms with E-state index in [0.717, 1.165) is 36.4 Å². The first-order chi connectivity index (χ1) is 14.3. The minimum atomic E-state index is -0.362. The molecule has 2 aliphatic heterocycles. The maximum atomic E-state index is 12.8. The number of carbonyl (C=O) groups excluding carboxylic acids is 1. The second-order valence-corrected chi connectivity index (χ2v) is 10.4. The highest BCUT2D eigenvalue weighted by Crippen LogP contribution is 2.58. The lowest BCUT2D eigenvalue weighted by molar-refractivity contribution is -0.137. The summed E-state index contributed by atoms with van der Waals surface area (Å²) in [5, 5.41) is 3.58. The smallest absolute Gasteiger partial charge is 0.346 e. The molecule has 0 saturated heterocycles. The van der Waals surface area contributed by atoms with E-state index in [1.165, 1.54) is 17.3 Å². The zero-order valence-electron chi connectivity index (χ0n) is 17.4. The molecular formula is C24H23NO2S3. The van der Waals surface area contributed by atoms with Crippen molar-refractivity contribution in [2.24, 2.45) is 0 Å². The number of aryl methyl sites for hydroxylation is 1. The molecule has 154 valence electrons. The Morgan fingerprint density at radius 3 is 2.57 bits per heavy atom. The van der Waals surface area contributed by atoms with E-state index >= 15 is 0 Å². The molecule has 0 radical (unpaired) electrons. The van der Waals surface area contributed by atoms with Crippen molar-refractivity contribution in [3.63, 3.8) is 0 Å². The fourth-order valence-electron chi connectivity index (χ4n) is 3.52. The average Bonchev–Trinajstić information content (AvgIpc) is 3.15. The number of thiocarbonyl (C=S) groups is 1. The van der Waals surface area contributed by atoms with E-state index in [1.807, 2.05) is 37.3 Å². The standard InChI is InChI=1S/C24H23NO2S3/c1-5-27-22(26)20-19(15-9-7-6-8-10-15)29-23(30-20)18-16-12-11-14(2)13-17(16)25-24(3,4)21(18)28/h6-13,25H,5H2,1-4H3/b23-18+. The van der Waals surface area contributed by atoms with Gasteiger partial charge in [0.2, 0.25) is 0 Å². The van der Waals surface area contributed by atoms with Crippen molar-refractivity contribution < 1.29 is 9.53 Å². The molecular weight excluding hydrogens is 430 g/mol. The van der Waals surface area contributed by atoms with E-state index in [4.69, 9.17) is 17.0 Å². The van der Waals surface area contributed by atoms with Crippen LogP contribution in [0.1, 0.15) is 37.5 Å². The number of esters is 1. The molecule has 6 heteroatoms. The van der Waals surface area contributed by atoms with E-state index in [-0.39, 0.29) is 11.5 Å². The summed E-state index contributed by atoms with van der Waals surface area (Å²) in [4.78, 5) is 15.2. The molecule has 30 heavy (non-hydrogen) atoms. The van der Waals surface area contributed by atoms with E-state index in [0.29, 0.717) is 11.5 Å². The van der Waals surface area contributed by atoms with Crippen LogP contribution < -0.4 is 5.32 Å². The average molecular weight is 454 g/mol. The number of hydrogen-bond donors (Lipinski definition) is 1. The van der Waals surface area contributed by atoms with Gasteiger partial charge in [-0.1, -0.05) is 78.2 Å². The zero-order chi connectivity index (χ0) is 21.5. The van der Waals surface area contributed by atoms with Gasteiger partial charge in [0, 0.05) is 26.6 Å². The number of thioether (sulfide) groups is 2. The van der Waals surface area contributed by atoms with Crippen molar-refractivity contribution in [3.05, 3.63) is 74.4 Å².